The van der Waals surface area contributed by atoms with Crippen LogP contribution in [0.4, 0.5) is 5.69 Å². The third kappa shape index (κ3) is 2.44. The fourth-order valence-corrected chi connectivity index (χ4v) is 3.57. The lowest BCUT2D eigenvalue weighted by atomic mass is 10.3. The van der Waals surface area contributed by atoms with Crippen LogP contribution in [0.3, 0.4) is 0 Å². The van der Waals surface area contributed by atoms with E-state index in [-0.39, 0.29) is 18.9 Å². The molecule has 0 aromatic heterocycles. The molecule has 0 unspecified atom stereocenters. The van der Waals surface area contributed by atoms with Crippen LogP contribution in [-0.4, -0.2) is 39.8 Å². The van der Waals surface area contributed by atoms with Crippen LogP contribution in [0, 0.1) is 0 Å². The SMILES string of the molecule is CN1/C(=C2\SC(=S)N(CCC(=O)O)C2=O)Oc2ccccc21. The van der Waals surface area contributed by atoms with Crippen molar-refractivity contribution in [3.05, 3.63) is 35.1 Å². The highest BCUT2D eigenvalue weighted by Gasteiger charge is 2.39. The maximum atomic E-state index is 12.5. The average Bonchev–Trinajstić information content (AvgIpc) is 2.95. The Morgan fingerprint density at radius 3 is 2.82 bits per heavy atom. The molecule has 22 heavy (non-hydrogen) atoms. The van der Waals surface area contributed by atoms with Crippen molar-refractivity contribution < 1.29 is 19.4 Å². The van der Waals surface area contributed by atoms with Crippen LogP contribution in [0.15, 0.2) is 35.1 Å². The molecule has 0 saturated carbocycles. The summed E-state index contributed by atoms with van der Waals surface area (Å²) in [7, 11) is 1.81. The first-order valence-electron chi connectivity index (χ1n) is 6.49. The summed E-state index contributed by atoms with van der Waals surface area (Å²) in [6, 6.07) is 7.46. The molecule has 0 spiro atoms. The van der Waals surface area contributed by atoms with Gasteiger partial charge < -0.3 is 14.7 Å². The van der Waals surface area contributed by atoms with E-state index in [9.17, 15) is 9.59 Å². The maximum Gasteiger partial charge on any atom is 0.305 e. The summed E-state index contributed by atoms with van der Waals surface area (Å²) in [4.78, 5) is 26.6. The smallest absolute Gasteiger partial charge is 0.305 e. The minimum Gasteiger partial charge on any atom is -0.481 e. The summed E-state index contributed by atoms with van der Waals surface area (Å²) >= 11 is 6.31. The number of carboxylic acid groups (broad SMARTS) is 1. The Morgan fingerprint density at radius 2 is 2.14 bits per heavy atom. The number of ether oxygens (including phenoxy) is 1. The fraction of sp³-hybridized carbons (Fsp3) is 0.214. The second kappa shape index (κ2) is 5.62. The van der Waals surface area contributed by atoms with E-state index >= 15 is 0 Å². The summed E-state index contributed by atoms with van der Waals surface area (Å²) in [5, 5.41) is 8.75. The number of hydrogen-bond donors (Lipinski definition) is 1. The van der Waals surface area contributed by atoms with Crippen LogP contribution in [-0.2, 0) is 9.59 Å². The fourth-order valence-electron chi connectivity index (χ4n) is 2.23. The van der Waals surface area contributed by atoms with Gasteiger partial charge in [0.2, 0.25) is 5.88 Å². The number of thioether (sulfide) groups is 1. The Balaban J connectivity index is 1.89. The van der Waals surface area contributed by atoms with Crippen LogP contribution in [0.25, 0.3) is 0 Å². The van der Waals surface area contributed by atoms with Crippen molar-refractivity contribution in [3.63, 3.8) is 0 Å². The highest BCUT2D eigenvalue weighted by molar-refractivity contribution is 8.26. The number of aliphatic carboxylic acids is 1. The molecular formula is C14H12N2O4S2. The molecule has 0 radical (unpaired) electrons. The normalized spacial score (nSPS) is 20.4. The van der Waals surface area contributed by atoms with Crippen LogP contribution < -0.4 is 9.64 Å². The molecule has 2 aliphatic rings. The monoisotopic (exact) mass is 336 g/mol. The van der Waals surface area contributed by atoms with Gasteiger partial charge in [0, 0.05) is 13.6 Å². The zero-order valence-electron chi connectivity index (χ0n) is 11.6. The van der Waals surface area contributed by atoms with E-state index in [1.807, 2.05) is 31.3 Å². The molecule has 1 fully saturated rings. The predicted octanol–water partition coefficient (Wildman–Crippen LogP) is 2.02. The number of carboxylic acids is 1. The molecule has 8 heteroatoms. The molecular weight excluding hydrogens is 324 g/mol. The molecule has 0 bridgehead atoms. The maximum absolute atomic E-state index is 12.5. The van der Waals surface area contributed by atoms with Crippen molar-refractivity contribution in [3.8, 4) is 5.75 Å². The molecule has 0 aliphatic carbocycles. The van der Waals surface area contributed by atoms with E-state index in [1.54, 1.807) is 4.90 Å². The van der Waals surface area contributed by atoms with Crippen molar-refractivity contribution in [2.24, 2.45) is 0 Å². The van der Waals surface area contributed by atoms with Crippen molar-refractivity contribution in [1.82, 2.24) is 4.90 Å². The van der Waals surface area contributed by atoms with E-state index in [0.29, 0.717) is 20.9 Å². The van der Waals surface area contributed by atoms with Gasteiger partial charge in [-0.15, -0.1) is 0 Å². The largest absolute Gasteiger partial charge is 0.481 e. The van der Waals surface area contributed by atoms with Gasteiger partial charge >= 0.3 is 5.97 Å². The first-order chi connectivity index (χ1) is 10.5. The minimum absolute atomic E-state index is 0.0629. The van der Waals surface area contributed by atoms with Crippen molar-refractivity contribution in [1.29, 1.82) is 0 Å². The van der Waals surface area contributed by atoms with Gasteiger partial charge in [0.1, 0.15) is 9.23 Å². The first kappa shape index (κ1) is 14.9. The van der Waals surface area contributed by atoms with Gasteiger partial charge in [0.15, 0.2) is 5.75 Å². The van der Waals surface area contributed by atoms with Crippen LogP contribution >= 0.6 is 24.0 Å². The molecule has 3 rings (SSSR count). The Bertz CT molecular complexity index is 717. The Hall–Kier alpha value is -2.06. The van der Waals surface area contributed by atoms with Crippen molar-refractivity contribution in [2.75, 3.05) is 18.5 Å². The van der Waals surface area contributed by atoms with E-state index in [4.69, 9.17) is 22.1 Å². The highest BCUT2D eigenvalue weighted by Crippen LogP contribution is 2.43. The lowest BCUT2D eigenvalue weighted by Gasteiger charge is -2.14. The quantitative estimate of drug-likeness (QED) is 0.669. The number of rotatable bonds is 3. The molecule has 1 aromatic carbocycles. The lowest BCUT2D eigenvalue weighted by Crippen LogP contribution is -2.31. The molecule has 6 nitrogen and oxygen atoms in total. The van der Waals surface area contributed by atoms with E-state index in [0.717, 1.165) is 17.4 Å². The number of carbonyl (C=O) groups excluding carboxylic acids is 1. The van der Waals surface area contributed by atoms with E-state index in [2.05, 4.69) is 0 Å². The zero-order chi connectivity index (χ0) is 15.9. The number of thiocarbonyl (C=S) groups is 1. The number of carbonyl (C=O) groups is 2. The lowest BCUT2D eigenvalue weighted by molar-refractivity contribution is -0.137. The molecule has 1 N–H and O–H groups in total. The number of para-hydroxylation sites is 2. The zero-order valence-corrected chi connectivity index (χ0v) is 13.2. The van der Waals surface area contributed by atoms with E-state index in [1.165, 1.54) is 4.90 Å². The van der Waals surface area contributed by atoms with Gasteiger partial charge in [-0.3, -0.25) is 14.5 Å². The third-order valence-electron chi connectivity index (χ3n) is 3.33. The highest BCUT2D eigenvalue weighted by atomic mass is 32.2. The van der Waals surface area contributed by atoms with Crippen LogP contribution in [0.2, 0.25) is 0 Å². The number of anilines is 1. The van der Waals surface area contributed by atoms with Gasteiger partial charge in [-0.25, -0.2) is 0 Å². The van der Waals surface area contributed by atoms with Crippen molar-refractivity contribution >= 4 is 45.9 Å². The second-order valence-electron chi connectivity index (χ2n) is 4.73. The Morgan fingerprint density at radius 1 is 1.41 bits per heavy atom. The van der Waals surface area contributed by atoms with E-state index < -0.39 is 5.97 Å². The predicted molar refractivity (Wildman–Crippen MR) is 86.7 cm³/mol. The summed E-state index contributed by atoms with van der Waals surface area (Å²) in [5.41, 5.74) is 0.869. The number of hydrogen-bond acceptors (Lipinski definition) is 6. The molecule has 0 atom stereocenters. The minimum atomic E-state index is -0.969. The van der Waals surface area contributed by atoms with Gasteiger partial charge in [-0.1, -0.05) is 24.4 Å². The number of nitrogens with zero attached hydrogens (tertiary/aromatic N) is 2. The number of amides is 1. The summed E-state index contributed by atoms with van der Waals surface area (Å²) in [6.45, 7) is 0.0629. The topological polar surface area (TPSA) is 70.1 Å². The first-order valence-corrected chi connectivity index (χ1v) is 7.72. The second-order valence-corrected chi connectivity index (χ2v) is 6.38. The molecule has 1 saturated heterocycles. The van der Waals surface area contributed by atoms with Crippen molar-refractivity contribution in [2.45, 2.75) is 6.42 Å². The summed E-state index contributed by atoms with van der Waals surface area (Å²) < 4.78 is 6.11. The molecule has 2 aliphatic heterocycles. The summed E-state index contributed by atoms with van der Waals surface area (Å²) in [6.07, 6.45) is -0.147. The number of benzene rings is 1. The standard InChI is InChI=1S/C14H12N2O4S2/c1-15-8-4-2-3-5-9(8)20-13(15)11-12(19)16(14(21)22-11)7-6-10(17)18/h2-5H,6-7H2,1H3,(H,17,18)/b13-11+. The van der Waals surface area contributed by atoms with Gasteiger partial charge in [0.25, 0.3) is 5.91 Å². The van der Waals surface area contributed by atoms with Crippen LogP contribution in [0.1, 0.15) is 6.42 Å². The Kier molecular flexibility index (Phi) is 3.79. The average molecular weight is 336 g/mol. The molecule has 1 amide bonds. The molecule has 1 aromatic rings. The summed E-state index contributed by atoms with van der Waals surface area (Å²) in [5.74, 6) is -0.179. The molecule has 2 heterocycles. The Labute approximate surface area is 136 Å². The third-order valence-corrected chi connectivity index (χ3v) is 4.75. The van der Waals surface area contributed by atoms with Gasteiger partial charge in [-0.2, -0.15) is 0 Å². The van der Waals surface area contributed by atoms with Gasteiger partial charge in [0.05, 0.1) is 12.1 Å². The van der Waals surface area contributed by atoms with Gasteiger partial charge in [-0.05, 0) is 23.9 Å². The van der Waals surface area contributed by atoms with Crippen LogP contribution in [0.5, 0.6) is 5.75 Å². The molecule has 114 valence electrons. The number of fused-ring (bicyclic) bond motifs is 1.